The molecule has 1 aromatic rings. The van der Waals surface area contributed by atoms with Gasteiger partial charge in [-0.3, -0.25) is 4.79 Å². The van der Waals surface area contributed by atoms with Crippen LogP contribution in [0, 0.1) is 0 Å². The predicted molar refractivity (Wildman–Crippen MR) is 84.9 cm³/mol. The van der Waals surface area contributed by atoms with E-state index in [0.29, 0.717) is 24.7 Å². The van der Waals surface area contributed by atoms with Crippen molar-refractivity contribution >= 4 is 33.6 Å². The second-order valence-electron chi connectivity index (χ2n) is 4.34. The van der Waals surface area contributed by atoms with Crippen LogP contribution in [0.3, 0.4) is 0 Å². The summed E-state index contributed by atoms with van der Waals surface area (Å²) in [6, 6.07) is 0. The monoisotopic (exact) mass is 343 g/mol. The molecular weight excluding hydrogens is 322 g/mol. The smallest absolute Gasteiger partial charge is 0.224 e. The van der Waals surface area contributed by atoms with E-state index in [4.69, 9.17) is 0 Å². The maximum absolute atomic E-state index is 11.5. The standard InChI is InChI=1S/C13H22BrN5O/c1-3-6-15-11(20)5-8-16-12-10(14)9-18-13(19-12)17-7-4-2/h9H,3-8H2,1-2H3,(H,15,20)(H2,16,17,18,19). The minimum Gasteiger partial charge on any atom is -0.368 e. The Bertz CT molecular complexity index is 427. The van der Waals surface area contributed by atoms with E-state index in [0.717, 1.165) is 30.4 Å². The highest BCUT2D eigenvalue weighted by Crippen LogP contribution is 2.19. The molecular formula is C13H22BrN5O. The van der Waals surface area contributed by atoms with Gasteiger partial charge in [-0.15, -0.1) is 0 Å². The maximum atomic E-state index is 11.5. The first-order chi connectivity index (χ1) is 9.67. The first kappa shape index (κ1) is 16.7. The quantitative estimate of drug-likeness (QED) is 0.641. The van der Waals surface area contributed by atoms with Crippen LogP contribution in [0.5, 0.6) is 0 Å². The van der Waals surface area contributed by atoms with E-state index in [2.05, 4.69) is 48.8 Å². The molecule has 0 spiro atoms. The van der Waals surface area contributed by atoms with Crippen LogP contribution < -0.4 is 16.0 Å². The number of carbonyl (C=O) groups excluding carboxylic acids is 1. The fraction of sp³-hybridized carbons (Fsp3) is 0.615. The molecule has 0 saturated heterocycles. The van der Waals surface area contributed by atoms with Gasteiger partial charge in [0.2, 0.25) is 11.9 Å². The van der Waals surface area contributed by atoms with E-state index in [1.165, 1.54) is 0 Å². The lowest BCUT2D eigenvalue weighted by Gasteiger charge is -2.10. The van der Waals surface area contributed by atoms with Crippen molar-refractivity contribution in [1.29, 1.82) is 0 Å². The Morgan fingerprint density at radius 3 is 2.65 bits per heavy atom. The number of hydrogen-bond donors (Lipinski definition) is 3. The number of amides is 1. The van der Waals surface area contributed by atoms with Gasteiger partial charge in [-0.05, 0) is 28.8 Å². The maximum Gasteiger partial charge on any atom is 0.224 e. The molecule has 1 heterocycles. The first-order valence-corrected chi connectivity index (χ1v) is 7.73. The summed E-state index contributed by atoms with van der Waals surface area (Å²) in [5, 5.41) is 9.10. The van der Waals surface area contributed by atoms with E-state index in [1.807, 2.05) is 6.92 Å². The number of carbonyl (C=O) groups is 1. The largest absolute Gasteiger partial charge is 0.368 e. The SMILES string of the molecule is CCCNC(=O)CCNc1nc(NCCC)ncc1Br. The Balaban J connectivity index is 2.44. The highest BCUT2D eigenvalue weighted by molar-refractivity contribution is 9.10. The normalized spacial score (nSPS) is 10.2. The fourth-order valence-electron chi connectivity index (χ4n) is 1.46. The molecule has 3 N–H and O–H groups in total. The summed E-state index contributed by atoms with van der Waals surface area (Å²) >= 11 is 3.39. The van der Waals surface area contributed by atoms with Crippen LogP contribution in [-0.4, -0.2) is 35.5 Å². The Kier molecular flexibility index (Phi) is 7.94. The molecule has 0 saturated carbocycles. The van der Waals surface area contributed by atoms with Crippen LogP contribution in [-0.2, 0) is 4.79 Å². The second-order valence-corrected chi connectivity index (χ2v) is 5.20. The van der Waals surface area contributed by atoms with Crippen molar-refractivity contribution in [2.75, 3.05) is 30.3 Å². The molecule has 0 aliphatic heterocycles. The average Bonchev–Trinajstić information content (AvgIpc) is 2.45. The van der Waals surface area contributed by atoms with Crippen molar-refractivity contribution in [2.24, 2.45) is 0 Å². The number of aromatic nitrogens is 2. The van der Waals surface area contributed by atoms with Gasteiger partial charge in [0, 0.05) is 32.3 Å². The van der Waals surface area contributed by atoms with Crippen molar-refractivity contribution in [1.82, 2.24) is 15.3 Å². The fourth-order valence-corrected chi connectivity index (χ4v) is 1.79. The lowest BCUT2D eigenvalue weighted by Crippen LogP contribution is -2.26. The second kappa shape index (κ2) is 9.52. The molecule has 0 unspecified atom stereocenters. The summed E-state index contributed by atoms with van der Waals surface area (Å²) in [6.07, 6.45) is 4.08. The van der Waals surface area contributed by atoms with E-state index < -0.39 is 0 Å². The Morgan fingerprint density at radius 1 is 1.20 bits per heavy atom. The molecule has 0 bridgehead atoms. The van der Waals surface area contributed by atoms with E-state index in [1.54, 1.807) is 6.20 Å². The number of rotatable bonds is 9. The van der Waals surface area contributed by atoms with Gasteiger partial charge < -0.3 is 16.0 Å². The van der Waals surface area contributed by atoms with Crippen molar-refractivity contribution in [3.05, 3.63) is 10.7 Å². The van der Waals surface area contributed by atoms with Crippen LogP contribution in [0.4, 0.5) is 11.8 Å². The van der Waals surface area contributed by atoms with Gasteiger partial charge in [0.15, 0.2) is 0 Å². The molecule has 20 heavy (non-hydrogen) atoms. The summed E-state index contributed by atoms with van der Waals surface area (Å²) in [4.78, 5) is 20.0. The minimum absolute atomic E-state index is 0.0499. The third-order valence-corrected chi connectivity index (χ3v) is 3.07. The van der Waals surface area contributed by atoms with E-state index in [9.17, 15) is 4.79 Å². The molecule has 1 amide bonds. The minimum atomic E-state index is 0.0499. The Morgan fingerprint density at radius 2 is 1.95 bits per heavy atom. The molecule has 1 aromatic heterocycles. The van der Waals surface area contributed by atoms with Crippen LogP contribution >= 0.6 is 15.9 Å². The molecule has 1 rings (SSSR count). The van der Waals surface area contributed by atoms with Gasteiger partial charge in [-0.25, -0.2) is 4.98 Å². The topological polar surface area (TPSA) is 78.9 Å². The van der Waals surface area contributed by atoms with Gasteiger partial charge in [-0.2, -0.15) is 4.98 Å². The first-order valence-electron chi connectivity index (χ1n) is 6.94. The summed E-state index contributed by atoms with van der Waals surface area (Å²) in [5.41, 5.74) is 0. The Hall–Kier alpha value is -1.37. The molecule has 0 atom stereocenters. The molecule has 7 heteroatoms. The lowest BCUT2D eigenvalue weighted by molar-refractivity contribution is -0.120. The number of nitrogens with one attached hydrogen (secondary N) is 3. The van der Waals surface area contributed by atoms with Crippen molar-refractivity contribution in [3.8, 4) is 0 Å². The van der Waals surface area contributed by atoms with Gasteiger partial charge >= 0.3 is 0 Å². The highest BCUT2D eigenvalue weighted by atomic mass is 79.9. The van der Waals surface area contributed by atoms with Crippen molar-refractivity contribution in [3.63, 3.8) is 0 Å². The third-order valence-electron chi connectivity index (χ3n) is 2.49. The molecule has 112 valence electrons. The molecule has 0 aliphatic rings. The van der Waals surface area contributed by atoms with Crippen LogP contribution in [0.2, 0.25) is 0 Å². The van der Waals surface area contributed by atoms with Crippen LogP contribution in [0.15, 0.2) is 10.7 Å². The number of halogens is 1. The number of anilines is 2. The van der Waals surface area contributed by atoms with Crippen LogP contribution in [0.25, 0.3) is 0 Å². The molecule has 0 aliphatic carbocycles. The lowest BCUT2D eigenvalue weighted by atomic mass is 10.3. The molecule has 6 nitrogen and oxygen atoms in total. The zero-order chi connectivity index (χ0) is 14.8. The van der Waals surface area contributed by atoms with Gasteiger partial charge in [0.05, 0.1) is 4.47 Å². The van der Waals surface area contributed by atoms with Gasteiger partial charge in [0.1, 0.15) is 5.82 Å². The van der Waals surface area contributed by atoms with Gasteiger partial charge in [-0.1, -0.05) is 13.8 Å². The molecule has 0 fully saturated rings. The zero-order valence-electron chi connectivity index (χ0n) is 12.0. The number of hydrogen-bond acceptors (Lipinski definition) is 5. The third kappa shape index (κ3) is 6.18. The Labute approximate surface area is 128 Å². The summed E-state index contributed by atoms with van der Waals surface area (Å²) < 4.78 is 0.786. The average molecular weight is 344 g/mol. The summed E-state index contributed by atoms with van der Waals surface area (Å²) in [6.45, 7) is 6.21. The molecule has 0 aromatic carbocycles. The van der Waals surface area contributed by atoms with E-state index >= 15 is 0 Å². The van der Waals surface area contributed by atoms with Crippen molar-refractivity contribution in [2.45, 2.75) is 33.1 Å². The number of nitrogens with zero attached hydrogens (tertiary/aromatic N) is 2. The summed E-state index contributed by atoms with van der Waals surface area (Å²) in [7, 11) is 0. The van der Waals surface area contributed by atoms with Crippen LogP contribution in [0.1, 0.15) is 33.1 Å². The van der Waals surface area contributed by atoms with Crippen molar-refractivity contribution < 1.29 is 4.79 Å². The zero-order valence-corrected chi connectivity index (χ0v) is 13.6. The van der Waals surface area contributed by atoms with Gasteiger partial charge in [0.25, 0.3) is 0 Å². The summed E-state index contributed by atoms with van der Waals surface area (Å²) in [5.74, 6) is 1.34. The highest BCUT2D eigenvalue weighted by Gasteiger charge is 2.05. The predicted octanol–water partition coefficient (Wildman–Crippen LogP) is 2.39. The van der Waals surface area contributed by atoms with E-state index in [-0.39, 0.29) is 5.91 Å². The molecule has 0 radical (unpaired) electrons.